The van der Waals surface area contributed by atoms with Crippen molar-refractivity contribution in [3.05, 3.63) is 18.1 Å². The highest BCUT2D eigenvalue weighted by Crippen LogP contribution is 2.38. The maximum absolute atomic E-state index is 11.8. The zero-order chi connectivity index (χ0) is 14.9. The maximum atomic E-state index is 11.8. The molecule has 0 saturated heterocycles. The molecule has 2 aromatic heterocycles. The van der Waals surface area contributed by atoms with Crippen LogP contribution in [-0.4, -0.2) is 31.3 Å². The molecule has 0 aromatic carbocycles. The van der Waals surface area contributed by atoms with E-state index in [1.165, 1.54) is 0 Å². The SMILES string of the molecule is Cc1cc(-c2nnnn2CC2(C(=O)O)CCCCC2)co1. The van der Waals surface area contributed by atoms with Gasteiger partial charge >= 0.3 is 5.97 Å². The first-order chi connectivity index (χ1) is 10.1. The second-order valence-corrected chi connectivity index (χ2v) is 5.75. The molecule has 3 rings (SSSR count). The molecule has 0 atom stereocenters. The van der Waals surface area contributed by atoms with Crippen LogP contribution in [0.4, 0.5) is 0 Å². The predicted octanol–water partition coefficient (Wildman–Crippen LogP) is 2.28. The summed E-state index contributed by atoms with van der Waals surface area (Å²) in [5.74, 6) is 0.565. The summed E-state index contributed by atoms with van der Waals surface area (Å²) in [7, 11) is 0. The predicted molar refractivity (Wildman–Crippen MR) is 73.4 cm³/mol. The summed E-state index contributed by atoms with van der Waals surface area (Å²) in [6.07, 6.45) is 5.91. The number of aryl methyl sites for hydroxylation is 1. The molecule has 0 amide bonds. The van der Waals surface area contributed by atoms with Crippen molar-refractivity contribution in [3.63, 3.8) is 0 Å². The molecule has 1 aliphatic rings. The summed E-state index contributed by atoms with van der Waals surface area (Å²) in [6, 6.07) is 1.84. The summed E-state index contributed by atoms with van der Waals surface area (Å²) in [5, 5.41) is 21.3. The van der Waals surface area contributed by atoms with Crippen LogP contribution in [0, 0.1) is 12.3 Å². The fraction of sp³-hybridized carbons (Fsp3) is 0.571. The molecule has 1 fully saturated rings. The zero-order valence-electron chi connectivity index (χ0n) is 11.9. The van der Waals surface area contributed by atoms with Gasteiger partial charge in [-0.05, 0) is 36.3 Å². The average molecular weight is 290 g/mol. The van der Waals surface area contributed by atoms with Gasteiger partial charge in [0.1, 0.15) is 12.0 Å². The smallest absolute Gasteiger partial charge is 0.311 e. The molecule has 21 heavy (non-hydrogen) atoms. The number of tetrazole rings is 1. The summed E-state index contributed by atoms with van der Waals surface area (Å²) >= 11 is 0. The van der Waals surface area contributed by atoms with Gasteiger partial charge in [-0.3, -0.25) is 4.79 Å². The van der Waals surface area contributed by atoms with Crippen LogP contribution in [0.5, 0.6) is 0 Å². The van der Waals surface area contributed by atoms with Crippen molar-refractivity contribution in [3.8, 4) is 11.4 Å². The van der Waals surface area contributed by atoms with E-state index in [-0.39, 0.29) is 0 Å². The Kier molecular flexibility index (Phi) is 3.48. The minimum Gasteiger partial charge on any atom is -0.481 e. The van der Waals surface area contributed by atoms with E-state index in [0.717, 1.165) is 30.6 Å². The summed E-state index contributed by atoms with van der Waals surface area (Å²) in [6.45, 7) is 2.15. The summed E-state index contributed by atoms with van der Waals surface area (Å²) < 4.78 is 6.87. The normalized spacial score (nSPS) is 17.8. The molecular formula is C14H18N4O3. The highest BCUT2D eigenvalue weighted by Gasteiger charge is 2.41. The van der Waals surface area contributed by atoms with Crippen LogP contribution in [0.1, 0.15) is 37.9 Å². The van der Waals surface area contributed by atoms with E-state index in [2.05, 4.69) is 15.5 Å². The van der Waals surface area contributed by atoms with E-state index in [1.54, 1.807) is 10.9 Å². The minimum atomic E-state index is -0.763. The highest BCUT2D eigenvalue weighted by atomic mass is 16.4. The first-order valence-electron chi connectivity index (χ1n) is 7.16. The Morgan fingerprint density at radius 2 is 2.19 bits per heavy atom. The van der Waals surface area contributed by atoms with Crippen molar-refractivity contribution < 1.29 is 14.3 Å². The van der Waals surface area contributed by atoms with Crippen LogP contribution < -0.4 is 0 Å². The van der Waals surface area contributed by atoms with Crippen LogP contribution in [-0.2, 0) is 11.3 Å². The van der Waals surface area contributed by atoms with Crippen molar-refractivity contribution in [2.24, 2.45) is 5.41 Å². The molecule has 7 nitrogen and oxygen atoms in total. The molecule has 2 aromatic rings. The summed E-state index contributed by atoms with van der Waals surface area (Å²) in [5.41, 5.74) is 0.00934. The Balaban J connectivity index is 1.91. The number of aromatic nitrogens is 4. The van der Waals surface area contributed by atoms with Crippen molar-refractivity contribution in [2.75, 3.05) is 0 Å². The number of hydrogen-bond acceptors (Lipinski definition) is 5. The molecule has 0 unspecified atom stereocenters. The number of hydrogen-bond donors (Lipinski definition) is 1. The van der Waals surface area contributed by atoms with E-state index in [4.69, 9.17) is 4.42 Å². The van der Waals surface area contributed by atoms with Crippen molar-refractivity contribution in [1.82, 2.24) is 20.2 Å². The lowest BCUT2D eigenvalue weighted by Crippen LogP contribution is -2.38. The van der Waals surface area contributed by atoms with Gasteiger partial charge in [0, 0.05) is 0 Å². The lowest BCUT2D eigenvalue weighted by Gasteiger charge is -2.32. The molecule has 0 bridgehead atoms. The van der Waals surface area contributed by atoms with E-state index in [0.29, 0.717) is 25.2 Å². The van der Waals surface area contributed by atoms with Crippen LogP contribution in [0.3, 0.4) is 0 Å². The average Bonchev–Trinajstić information content (AvgIpc) is 3.08. The first-order valence-corrected chi connectivity index (χ1v) is 7.16. The van der Waals surface area contributed by atoms with E-state index in [1.807, 2.05) is 13.0 Å². The van der Waals surface area contributed by atoms with Crippen LogP contribution in [0.2, 0.25) is 0 Å². The van der Waals surface area contributed by atoms with E-state index < -0.39 is 11.4 Å². The molecule has 112 valence electrons. The fourth-order valence-electron chi connectivity index (χ4n) is 3.03. The quantitative estimate of drug-likeness (QED) is 0.928. The lowest BCUT2D eigenvalue weighted by molar-refractivity contribution is -0.152. The van der Waals surface area contributed by atoms with E-state index >= 15 is 0 Å². The molecule has 1 saturated carbocycles. The number of carboxylic acid groups (broad SMARTS) is 1. The number of furan rings is 1. The van der Waals surface area contributed by atoms with Crippen LogP contribution in [0.25, 0.3) is 11.4 Å². The number of rotatable bonds is 4. The van der Waals surface area contributed by atoms with Crippen molar-refractivity contribution >= 4 is 5.97 Å². The van der Waals surface area contributed by atoms with Gasteiger partial charge in [0.05, 0.1) is 17.5 Å². The van der Waals surface area contributed by atoms with Gasteiger partial charge in [-0.1, -0.05) is 19.3 Å². The second kappa shape index (κ2) is 5.31. The third kappa shape index (κ3) is 2.55. The molecule has 1 N–H and O–H groups in total. The van der Waals surface area contributed by atoms with Crippen LogP contribution >= 0.6 is 0 Å². The van der Waals surface area contributed by atoms with E-state index in [9.17, 15) is 9.90 Å². The van der Waals surface area contributed by atoms with Gasteiger partial charge < -0.3 is 9.52 Å². The van der Waals surface area contributed by atoms with Gasteiger partial charge in [0.25, 0.3) is 0 Å². The highest BCUT2D eigenvalue weighted by molar-refractivity contribution is 5.74. The Hall–Kier alpha value is -2.18. The lowest BCUT2D eigenvalue weighted by atomic mass is 9.74. The van der Waals surface area contributed by atoms with Crippen molar-refractivity contribution in [2.45, 2.75) is 45.6 Å². The molecule has 7 heteroatoms. The Bertz CT molecular complexity index is 640. The minimum absolute atomic E-state index is 0.300. The molecule has 2 heterocycles. The van der Waals surface area contributed by atoms with Gasteiger partial charge in [-0.15, -0.1) is 5.10 Å². The fourth-order valence-corrected chi connectivity index (χ4v) is 3.03. The van der Waals surface area contributed by atoms with Gasteiger partial charge in [-0.25, -0.2) is 4.68 Å². The standard InChI is InChI=1S/C14H18N4O3/c1-10-7-11(8-21-10)12-15-16-17-18(12)9-14(13(19)20)5-3-2-4-6-14/h7-8H,2-6,9H2,1H3,(H,19,20). The number of nitrogens with zero attached hydrogens (tertiary/aromatic N) is 4. The second-order valence-electron chi connectivity index (χ2n) is 5.75. The maximum Gasteiger partial charge on any atom is 0.311 e. The topological polar surface area (TPSA) is 94.0 Å². The zero-order valence-corrected chi connectivity index (χ0v) is 11.9. The molecule has 0 radical (unpaired) electrons. The van der Waals surface area contributed by atoms with Gasteiger partial charge in [0.2, 0.25) is 0 Å². The Labute approximate surface area is 122 Å². The third-order valence-electron chi connectivity index (χ3n) is 4.24. The number of carboxylic acids is 1. The Morgan fingerprint density at radius 3 is 2.81 bits per heavy atom. The monoisotopic (exact) mass is 290 g/mol. The number of aliphatic carboxylic acids is 1. The van der Waals surface area contributed by atoms with Crippen molar-refractivity contribution in [1.29, 1.82) is 0 Å². The van der Waals surface area contributed by atoms with Crippen LogP contribution in [0.15, 0.2) is 16.7 Å². The summed E-state index contributed by atoms with van der Waals surface area (Å²) in [4.78, 5) is 11.8. The van der Waals surface area contributed by atoms with Gasteiger partial charge in [0.15, 0.2) is 5.82 Å². The molecule has 0 spiro atoms. The third-order valence-corrected chi connectivity index (χ3v) is 4.24. The molecule has 1 aliphatic carbocycles. The number of carbonyl (C=O) groups is 1. The Morgan fingerprint density at radius 1 is 1.43 bits per heavy atom. The molecular weight excluding hydrogens is 272 g/mol. The van der Waals surface area contributed by atoms with Gasteiger partial charge in [-0.2, -0.15) is 0 Å². The first kappa shape index (κ1) is 13.8. The largest absolute Gasteiger partial charge is 0.481 e. The molecule has 0 aliphatic heterocycles.